The van der Waals surface area contributed by atoms with Crippen molar-refractivity contribution in [2.24, 2.45) is 22.2 Å². The zero-order chi connectivity index (χ0) is 25.7. The summed E-state index contributed by atoms with van der Waals surface area (Å²) in [5.74, 6) is 0.719. The smallest absolute Gasteiger partial charge is 0.407 e. The maximum atomic E-state index is 11.8. The molecule has 0 aliphatic carbocycles. The van der Waals surface area contributed by atoms with Crippen LogP contribution in [0, 0.1) is 11.8 Å². The first-order valence-corrected chi connectivity index (χ1v) is 12.5. The molecular weight excluding hydrogens is 450 g/mol. The van der Waals surface area contributed by atoms with Gasteiger partial charge in [0.2, 0.25) is 0 Å². The summed E-state index contributed by atoms with van der Waals surface area (Å²) in [4.78, 5) is 11.8. The average Bonchev–Trinajstić information content (AvgIpc) is 2.75. The third kappa shape index (κ3) is 12.8. The summed E-state index contributed by atoms with van der Waals surface area (Å²) < 4.78 is 5.28. The van der Waals surface area contributed by atoms with Gasteiger partial charge >= 0.3 is 6.09 Å². The van der Waals surface area contributed by atoms with Crippen molar-refractivity contribution in [1.29, 1.82) is 0 Å². The Hall–Kier alpha value is -2.28. The standard InChI is InChI=1S/C26H44ClN5O2/c1-9-10-23(29-24-13-11-22(27)12-14-24)16-18-32(8)31-30-21(4)20(3)19(2)15-17-28-25(33)34-26(5,6)7/h9-14,19-21,23,29H,15-18H2,1-8H3,(H,28,33)/b10-9+,31-30-/t19?,20-,21?,23?/m0/s1. The Balaban J connectivity index is 2.44. The van der Waals surface area contributed by atoms with Gasteiger partial charge in [-0.25, -0.2) is 4.79 Å². The largest absolute Gasteiger partial charge is 0.444 e. The molecule has 1 aromatic rings. The lowest BCUT2D eigenvalue weighted by Gasteiger charge is -2.24. The second-order valence-electron chi connectivity index (χ2n) is 9.95. The summed E-state index contributed by atoms with van der Waals surface area (Å²) >= 11 is 5.98. The zero-order valence-electron chi connectivity index (χ0n) is 22.1. The molecule has 192 valence electrons. The quantitative estimate of drug-likeness (QED) is 0.177. The van der Waals surface area contributed by atoms with E-state index in [1.54, 1.807) is 0 Å². The number of hydrogen-bond donors (Lipinski definition) is 2. The molecular formula is C26H44ClN5O2. The maximum Gasteiger partial charge on any atom is 0.407 e. The normalized spacial score (nSPS) is 15.7. The van der Waals surface area contributed by atoms with E-state index in [0.29, 0.717) is 18.4 Å². The molecule has 4 atom stereocenters. The Kier molecular flexibility index (Phi) is 13.0. The first kappa shape index (κ1) is 29.8. The Morgan fingerprint density at radius 3 is 2.41 bits per heavy atom. The molecule has 1 aromatic carbocycles. The number of rotatable bonds is 13. The summed E-state index contributed by atoms with van der Waals surface area (Å²) in [6, 6.07) is 8.00. The fourth-order valence-corrected chi connectivity index (χ4v) is 3.43. The summed E-state index contributed by atoms with van der Waals surface area (Å²) in [6.45, 7) is 15.4. The molecule has 1 amide bonds. The highest BCUT2D eigenvalue weighted by Crippen LogP contribution is 2.21. The van der Waals surface area contributed by atoms with Crippen molar-refractivity contribution < 1.29 is 9.53 Å². The Bertz CT molecular complexity index is 776. The molecule has 1 rings (SSSR count). The van der Waals surface area contributed by atoms with Crippen LogP contribution in [0.1, 0.15) is 61.3 Å². The fraction of sp³-hybridized carbons (Fsp3) is 0.654. The number of anilines is 1. The number of allylic oxidation sites excluding steroid dienone is 1. The highest BCUT2D eigenvalue weighted by atomic mass is 35.5. The molecule has 0 spiro atoms. The monoisotopic (exact) mass is 493 g/mol. The van der Waals surface area contributed by atoms with Gasteiger partial charge in [-0.1, -0.05) is 42.8 Å². The predicted molar refractivity (Wildman–Crippen MR) is 142 cm³/mol. The van der Waals surface area contributed by atoms with Crippen LogP contribution in [-0.4, -0.2) is 48.9 Å². The van der Waals surface area contributed by atoms with Gasteiger partial charge in [-0.05, 0) is 83.6 Å². The molecule has 7 nitrogen and oxygen atoms in total. The number of carbonyl (C=O) groups excluding carboxylic acids is 1. The number of hydrogen-bond acceptors (Lipinski definition) is 5. The Morgan fingerprint density at radius 1 is 1.18 bits per heavy atom. The molecule has 0 radical (unpaired) electrons. The Labute approximate surface area is 211 Å². The van der Waals surface area contributed by atoms with Gasteiger partial charge in [0.1, 0.15) is 5.60 Å². The molecule has 34 heavy (non-hydrogen) atoms. The number of carbonyl (C=O) groups is 1. The molecule has 0 saturated carbocycles. The third-order valence-electron chi connectivity index (χ3n) is 5.70. The fourth-order valence-electron chi connectivity index (χ4n) is 3.31. The van der Waals surface area contributed by atoms with Gasteiger partial charge in [0.15, 0.2) is 0 Å². The van der Waals surface area contributed by atoms with E-state index in [1.807, 2.05) is 64.0 Å². The second-order valence-corrected chi connectivity index (χ2v) is 10.4. The van der Waals surface area contributed by atoms with E-state index < -0.39 is 5.60 Å². The molecule has 0 heterocycles. The van der Waals surface area contributed by atoms with Crippen LogP contribution in [-0.2, 0) is 4.74 Å². The zero-order valence-corrected chi connectivity index (χ0v) is 22.9. The first-order valence-electron chi connectivity index (χ1n) is 12.1. The molecule has 0 saturated heterocycles. The summed E-state index contributed by atoms with van der Waals surface area (Å²) in [5.41, 5.74) is 0.553. The highest BCUT2D eigenvalue weighted by molar-refractivity contribution is 6.30. The van der Waals surface area contributed by atoms with Crippen LogP contribution in [0.3, 0.4) is 0 Å². The highest BCUT2D eigenvalue weighted by Gasteiger charge is 2.20. The van der Waals surface area contributed by atoms with Crippen molar-refractivity contribution in [3.8, 4) is 0 Å². The number of halogens is 1. The lowest BCUT2D eigenvalue weighted by Crippen LogP contribution is -2.34. The lowest BCUT2D eigenvalue weighted by molar-refractivity contribution is 0.0523. The van der Waals surface area contributed by atoms with Gasteiger partial charge in [-0.15, -0.1) is 0 Å². The van der Waals surface area contributed by atoms with Crippen LogP contribution in [0.4, 0.5) is 10.5 Å². The first-order chi connectivity index (χ1) is 15.9. The van der Waals surface area contributed by atoms with Gasteiger partial charge in [0, 0.05) is 36.9 Å². The van der Waals surface area contributed by atoms with Gasteiger partial charge in [0.25, 0.3) is 0 Å². The van der Waals surface area contributed by atoms with Crippen LogP contribution in [0.5, 0.6) is 0 Å². The summed E-state index contributed by atoms with van der Waals surface area (Å²) in [7, 11) is 1.95. The number of nitrogens with zero attached hydrogens (tertiary/aromatic N) is 3. The van der Waals surface area contributed by atoms with Gasteiger partial charge < -0.3 is 15.4 Å². The minimum absolute atomic E-state index is 0.0810. The van der Waals surface area contributed by atoms with Crippen molar-refractivity contribution in [3.05, 3.63) is 41.4 Å². The van der Waals surface area contributed by atoms with E-state index in [1.165, 1.54) is 0 Å². The number of alkyl carbamates (subject to hydrolysis) is 1. The van der Waals surface area contributed by atoms with Gasteiger partial charge in [0.05, 0.1) is 6.04 Å². The van der Waals surface area contributed by atoms with Crippen LogP contribution in [0.15, 0.2) is 46.8 Å². The maximum absolute atomic E-state index is 11.8. The molecule has 2 N–H and O–H groups in total. The van der Waals surface area contributed by atoms with Crippen molar-refractivity contribution >= 4 is 23.4 Å². The molecule has 0 bridgehead atoms. The SMILES string of the molecule is C/C=C/C(CCN(C)/N=N\C(C)[C@@H](C)C(C)CCNC(=O)OC(C)(C)C)Nc1ccc(Cl)cc1. The molecule has 0 aliphatic rings. The van der Waals surface area contributed by atoms with Crippen LogP contribution >= 0.6 is 11.6 Å². The van der Waals surface area contributed by atoms with Crippen LogP contribution in [0.25, 0.3) is 0 Å². The lowest BCUT2D eigenvalue weighted by atomic mass is 9.88. The van der Waals surface area contributed by atoms with E-state index in [0.717, 1.165) is 30.1 Å². The topological polar surface area (TPSA) is 78.3 Å². The Morgan fingerprint density at radius 2 is 1.82 bits per heavy atom. The van der Waals surface area contributed by atoms with Crippen molar-refractivity contribution in [2.45, 2.75) is 79.0 Å². The minimum Gasteiger partial charge on any atom is -0.444 e. The van der Waals surface area contributed by atoms with Crippen LogP contribution in [0.2, 0.25) is 5.02 Å². The van der Waals surface area contributed by atoms with Gasteiger partial charge in [-0.2, -0.15) is 5.11 Å². The van der Waals surface area contributed by atoms with E-state index >= 15 is 0 Å². The molecule has 0 aromatic heterocycles. The number of benzene rings is 1. The molecule has 0 fully saturated rings. The van der Waals surface area contributed by atoms with E-state index in [2.05, 4.69) is 53.9 Å². The average molecular weight is 494 g/mol. The van der Waals surface area contributed by atoms with E-state index in [4.69, 9.17) is 16.3 Å². The molecule has 8 heteroatoms. The van der Waals surface area contributed by atoms with Crippen molar-refractivity contribution in [3.63, 3.8) is 0 Å². The number of nitrogens with one attached hydrogen (secondary N) is 2. The second kappa shape index (κ2) is 14.9. The van der Waals surface area contributed by atoms with Crippen molar-refractivity contribution in [2.75, 3.05) is 25.5 Å². The summed E-state index contributed by atoms with van der Waals surface area (Å²) in [5, 5.41) is 17.9. The van der Waals surface area contributed by atoms with E-state index in [-0.39, 0.29) is 18.2 Å². The van der Waals surface area contributed by atoms with Gasteiger partial charge in [-0.3, -0.25) is 5.01 Å². The number of ether oxygens (including phenoxy) is 1. The third-order valence-corrected chi connectivity index (χ3v) is 5.95. The minimum atomic E-state index is -0.483. The van der Waals surface area contributed by atoms with Crippen LogP contribution < -0.4 is 10.6 Å². The van der Waals surface area contributed by atoms with Crippen molar-refractivity contribution in [1.82, 2.24) is 10.3 Å². The molecule has 3 unspecified atom stereocenters. The summed E-state index contributed by atoms with van der Waals surface area (Å²) in [6.07, 6.45) is 5.58. The van der Waals surface area contributed by atoms with E-state index in [9.17, 15) is 4.79 Å². The predicted octanol–water partition coefficient (Wildman–Crippen LogP) is 6.96. The number of amides is 1. The molecule has 0 aliphatic heterocycles.